The zero-order valence-electron chi connectivity index (χ0n) is 12.0. The van der Waals surface area contributed by atoms with E-state index in [-0.39, 0.29) is 18.1 Å². The maximum Gasteiger partial charge on any atom is 0.315 e. The predicted molar refractivity (Wildman–Crippen MR) is 76.9 cm³/mol. The van der Waals surface area contributed by atoms with Crippen LogP contribution in [-0.4, -0.2) is 37.1 Å². The number of hydrogen-bond acceptors (Lipinski definition) is 2. The second kappa shape index (κ2) is 7.93. The standard InChI is InChI=1S/C15H21F2N3O/c16-13-4-5-14(17)12(10-13)11-19-15(21)18-6-9-20-7-2-1-3-8-20/h4-5,10H,1-3,6-9,11H2,(H2,18,19,21). The Morgan fingerprint density at radius 3 is 2.67 bits per heavy atom. The van der Waals surface area contributed by atoms with Gasteiger partial charge in [-0.15, -0.1) is 0 Å². The zero-order chi connectivity index (χ0) is 15.1. The van der Waals surface area contributed by atoms with Crippen LogP contribution in [0.2, 0.25) is 0 Å². The summed E-state index contributed by atoms with van der Waals surface area (Å²) in [5, 5.41) is 5.26. The fourth-order valence-electron chi connectivity index (χ4n) is 2.43. The molecule has 21 heavy (non-hydrogen) atoms. The van der Waals surface area contributed by atoms with Crippen LogP contribution in [0.4, 0.5) is 13.6 Å². The Morgan fingerprint density at radius 2 is 1.90 bits per heavy atom. The van der Waals surface area contributed by atoms with E-state index in [4.69, 9.17) is 0 Å². The molecule has 0 aromatic heterocycles. The van der Waals surface area contributed by atoms with Gasteiger partial charge in [0.25, 0.3) is 0 Å². The van der Waals surface area contributed by atoms with Crippen LogP contribution in [-0.2, 0) is 6.54 Å². The van der Waals surface area contributed by atoms with Crippen LogP contribution < -0.4 is 10.6 Å². The lowest BCUT2D eigenvalue weighted by Gasteiger charge is -2.26. The molecule has 0 spiro atoms. The summed E-state index contributed by atoms with van der Waals surface area (Å²) < 4.78 is 26.3. The van der Waals surface area contributed by atoms with Crippen molar-refractivity contribution in [1.82, 2.24) is 15.5 Å². The number of amides is 2. The number of carbonyl (C=O) groups is 1. The molecule has 1 aliphatic heterocycles. The summed E-state index contributed by atoms with van der Waals surface area (Å²) in [6.07, 6.45) is 3.71. The smallest absolute Gasteiger partial charge is 0.315 e. The van der Waals surface area contributed by atoms with Gasteiger partial charge in [0.15, 0.2) is 0 Å². The van der Waals surface area contributed by atoms with Crippen molar-refractivity contribution >= 4 is 6.03 Å². The highest BCUT2D eigenvalue weighted by Crippen LogP contribution is 2.09. The first kappa shape index (κ1) is 15.7. The van der Waals surface area contributed by atoms with E-state index in [1.165, 1.54) is 19.3 Å². The van der Waals surface area contributed by atoms with Crippen molar-refractivity contribution in [1.29, 1.82) is 0 Å². The molecule has 1 aromatic rings. The molecule has 2 N–H and O–H groups in total. The van der Waals surface area contributed by atoms with Gasteiger partial charge in [0, 0.05) is 25.2 Å². The molecule has 0 saturated carbocycles. The van der Waals surface area contributed by atoms with E-state index in [1.807, 2.05) is 0 Å². The molecule has 1 heterocycles. The minimum atomic E-state index is -0.523. The number of hydrogen-bond donors (Lipinski definition) is 2. The Hall–Kier alpha value is -1.69. The van der Waals surface area contributed by atoms with Crippen molar-refractivity contribution in [2.75, 3.05) is 26.2 Å². The third-order valence-corrected chi connectivity index (χ3v) is 3.61. The van der Waals surface area contributed by atoms with E-state index in [0.29, 0.717) is 6.54 Å². The number of benzene rings is 1. The molecule has 1 aromatic carbocycles. The van der Waals surface area contributed by atoms with Crippen molar-refractivity contribution in [3.8, 4) is 0 Å². The van der Waals surface area contributed by atoms with E-state index in [0.717, 1.165) is 37.8 Å². The van der Waals surface area contributed by atoms with Gasteiger partial charge in [-0.05, 0) is 44.1 Å². The first-order valence-electron chi connectivity index (χ1n) is 7.33. The molecule has 6 heteroatoms. The summed E-state index contributed by atoms with van der Waals surface area (Å²) in [4.78, 5) is 13.9. The van der Waals surface area contributed by atoms with Crippen LogP contribution in [0.25, 0.3) is 0 Å². The molecule has 2 amide bonds. The zero-order valence-corrected chi connectivity index (χ0v) is 12.0. The lowest BCUT2D eigenvalue weighted by atomic mass is 10.1. The van der Waals surface area contributed by atoms with Gasteiger partial charge in [0.2, 0.25) is 0 Å². The number of rotatable bonds is 5. The molecule has 1 aliphatic rings. The summed E-state index contributed by atoms with van der Waals surface area (Å²) in [6.45, 7) is 3.51. The first-order valence-corrected chi connectivity index (χ1v) is 7.33. The second-order valence-electron chi connectivity index (χ2n) is 5.25. The monoisotopic (exact) mass is 297 g/mol. The highest BCUT2D eigenvalue weighted by Gasteiger charge is 2.10. The van der Waals surface area contributed by atoms with Crippen molar-refractivity contribution in [3.63, 3.8) is 0 Å². The largest absolute Gasteiger partial charge is 0.337 e. The van der Waals surface area contributed by atoms with Gasteiger partial charge >= 0.3 is 6.03 Å². The third kappa shape index (κ3) is 5.30. The van der Waals surface area contributed by atoms with Crippen molar-refractivity contribution in [2.24, 2.45) is 0 Å². The Morgan fingerprint density at radius 1 is 1.14 bits per heavy atom. The van der Waals surface area contributed by atoms with E-state index < -0.39 is 11.6 Å². The molecular formula is C15H21F2N3O. The Kier molecular flexibility index (Phi) is 5.92. The van der Waals surface area contributed by atoms with Crippen molar-refractivity contribution in [3.05, 3.63) is 35.4 Å². The van der Waals surface area contributed by atoms with Gasteiger partial charge in [0.1, 0.15) is 11.6 Å². The maximum atomic E-state index is 13.4. The molecule has 0 radical (unpaired) electrons. The van der Waals surface area contributed by atoms with Gasteiger partial charge in [-0.2, -0.15) is 0 Å². The minimum Gasteiger partial charge on any atom is -0.337 e. The molecule has 4 nitrogen and oxygen atoms in total. The Bertz CT molecular complexity index is 476. The molecule has 0 bridgehead atoms. The summed E-state index contributed by atoms with van der Waals surface area (Å²) in [7, 11) is 0. The van der Waals surface area contributed by atoms with Crippen LogP contribution in [0.3, 0.4) is 0 Å². The van der Waals surface area contributed by atoms with Crippen molar-refractivity contribution < 1.29 is 13.6 Å². The summed E-state index contributed by atoms with van der Waals surface area (Å²) in [6, 6.07) is 2.83. The molecule has 116 valence electrons. The van der Waals surface area contributed by atoms with Gasteiger partial charge in [-0.25, -0.2) is 13.6 Å². The highest BCUT2D eigenvalue weighted by molar-refractivity contribution is 5.73. The molecule has 0 aliphatic carbocycles. The number of nitrogens with zero attached hydrogens (tertiary/aromatic N) is 1. The molecule has 2 rings (SSSR count). The maximum absolute atomic E-state index is 13.4. The number of carbonyl (C=O) groups excluding carboxylic acids is 1. The average Bonchev–Trinajstić information content (AvgIpc) is 2.49. The fourth-order valence-corrected chi connectivity index (χ4v) is 2.43. The average molecular weight is 297 g/mol. The van der Waals surface area contributed by atoms with Gasteiger partial charge in [0.05, 0.1) is 0 Å². The second-order valence-corrected chi connectivity index (χ2v) is 5.25. The molecular weight excluding hydrogens is 276 g/mol. The van der Waals surface area contributed by atoms with Crippen molar-refractivity contribution in [2.45, 2.75) is 25.8 Å². The summed E-state index contributed by atoms with van der Waals surface area (Å²) in [5.74, 6) is -1.04. The SMILES string of the molecule is O=C(NCCN1CCCCC1)NCc1cc(F)ccc1F. The summed E-state index contributed by atoms with van der Waals surface area (Å²) in [5.41, 5.74) is 0.140. The molecule has 0 atom stereocenters. The lowest BCUT2D eigenvalue weighted by molar-refractivity contribution is 0.220. The number of piperidine rings is 1. The first-order chi connectivity index (χ1) is 10.1. The fraction of sp³-hybridized carbons (Fsp3) is 0.533. The highest BCUT2D eigenvalue weighted by atomic mass is 19.1. The van der Waals surface area contributed by atoms with E-state index in [1.54, 1.807) is 0 Å². The number of likely N-dealkylation sites (tertiary alicyclic amines) is 1. The third-order valence-electron chi connectivity index (χ3n) is 3.61. The number of nitrogens with one attached hydrogen (secondary N) is 2. The minimum absolute atomic E-state index is 0.0286. The molecule has 1 fully saturated rings. The predicted octanol–water partition coefficient (Wildman–Crippen LogP) is 2.25. The quantitative estimate of drug-likeness (QED) is 0.875. The van der Waals surface area contributed by atoms with Crippen LogP contribution in [0.15, 0.2) is 18.2 Å². The van der Waals surface area contributed by atoms with E-state index >= 15 is 0 Å². The van der Waals surface area contributed by atoms with E-state index in [9.17, 15) is 13.6 Å². The Balaban J connectivity index is 1.66. The van der Waals surface area contributed by atoms with Crippen LogP contribution >= 0.6 is 0 Å². The van der Waals surface area contributed by atoms with Crippen LogP contribution in [0, 0.1) is 11.6 Å². The summed E-state index contributed by atoms with van der Waals surface area (Å²) >= 11 is 0. The Labute approximate surface area is 123 Å². The topological polar surface area (TPSA) is 44.4 Å². The van der Waals surface area contributed by atoms with Crippen LogP contribution in [0.5, 0.6) is 0 Å². The lowest BCUT2D eigenvalue weighted by Crippen LogP contribution is -2.41. The normalized spacial score (nSPS) is 15.7. The van der Waals surface area contributed by atoms with Gasteiger partial charge in [-0.1, -0.05) is 6.42 Å². The van der Waals surface area contributed by atoms with Gasteiger partial charge in [-0.3, -0.25) is 0 Å². The van der Waals surface area contributed by atoms with Gasteiger partial charge < -0.3 is 15.5 Å². The van der Waals surface area contributed by atoms with Crippen LogP contribution in [0.1, 0.15) is 24.8 Å². The van der Waals surface area contributed by atoms with E-state index in [2.05, 4.69) is 15.5 Å². The number of urea groups is 1. The molecule has 1 saturated heterocycles. The molecule has 0 unspecified atom stereocenters. The number of halogens is 2.